The molecule has 5 nitrogen and oxygen atoms in total. The third kappa shape index (κ3) is 3.94. The maximum Gasteiger partial charge on any atom is 0.241 e. The van der Waals surface area contributed by atoms with Crippen molar-refractivity contribution >= 4 is 31.6 Å². The molecule has 1 aromatic rings. The van der Waals surface area contributed by atoms with Crippen molar-refractivity contribution in [2.45, 2.75) is 30.7 Å². The molecule has 0 aromatic heterocycles. The predicted molar refractivity (Wildman–Crippen MR) is 84.0 cm³/mol. The average Bonchev–Trinajstić information content (AvgIpc) is 2.94. The van der Waals surface area contributed by atoms with Crippen LogP contribution in [0.5, 0.6) is 0 Å². The van der Waals surface area contributed by atoms with Gasteiger partial charge in [0.1, 0.15) is 5.82 Å². The highest BCUT2D eigenvalue weighted by molar-refractivity contribution is 9.10. The summed E-state index contributed by atoms with van der Waals surface area (Å²) >= 11 is 3.07. The first-order chi connectivity index (χ1) is 9.81. The van der Waals surface area contributed by atoms with Crippen molar-refractivity contribution in [1.82, 2.24) is 9.62 Å². The van der Waals surface area contributed by atoms with E-state index >= 15 is 0 Å². The summed E-state index contributed by atoms with van der Waals surface area (Å²) in [6.07, 6.45) is 2.30. The Kier molecular flexibility index (Phi) is 5.24. The number of anilines is 1. The number of hydrogen-bond donors (Lipinski definition) is 2. The van der Waals surface area contributed by atoms with Crippen LogP contribution >= 0.6 is 15.9 Å². The quantitative estimate of drug-likeness (QED) is 0.766. The highest BCUT2D eigenvalue weighted by atomic mass is 79.9. The van der Waals surface area contributed by atoms with Crippen molar-refractivity contribution in [2.75, 3.05) is 25.4 Å². The molecule has 1 aliphatic heterocycles. The van der Waals surface area contributed by atoms with Gasteiger partial charge >= 0.3 is 0 Å². The number of nitrogens with two attached hydrogens (primary N) is 1. The summed E-state index contributed by atoms with van der Waals surface area (Å²) in [5.74, 6) is -0.647. The lowest BCUT2D eigenvalue weighted by atomic mass is 10.3. The van der Waals surface area contributed by atoms with Gasteiger partial charge in [0.15, 0.2) is 0 Å². The highest BCUT2D eigenvalue weighted by Crippen LogP contribution is 2.26. The van der Waals surface area contributed by atoms with Crippen LogP contribution < -0.4 is 10.5 Å². The van der Waals surface area contributed by atoms with Crippen LogP contribution in [0.3, 0.4) is 0 Å². The fourth-order valence-electron chi connectivity index (χ4n) is 2.37. The highest BCUT2D eigenvalue weighted by Gasteiger charge is 2.23. The van der Waals surface area contributed by atoms with Gasteiger partial charge < -0.3 is 5.73 Å². The SMILES string of the molecule is CC(CNS(=O)(=O)c1cc(N)c(F)cc1Br)N1CCCC1. The molecule has 0 bridgehead atoms. The Morgan fingerprint density at radius 1 is 1.43 bits per heavy atom. The van der Waals surface area contributed by atoms with E-state index in [0.29, 0.717) is 6.54 Å². The van der Waals surface area contributed by atoms with Gasteiger partial charge in [-0.3, -0.25) is 4.90 Å². The Bertz CT molecular complexity index is 618. The number of sulfonamides is 1. The molecule has 21 heavy (non-hydrogen) atoms. The lowest BCUT2D eigenvalue weighted by Gasteiger charge is -2.24. The monoisotopic (exact) mass is 379 g/mol. The van der Waals surface area contributed by atoms with Crippen molar-refractivity contribution in [1.29, 1.82) is 0 Å². The fourth-order valence-corrected chi connectivity index (χ4v) is 4.54. The zero-order valence-electron chi connectivity index (χ0n) is 11.8. The van der Waals surface area contributed by atoms with Crippen LogP contribution in [0.1, 0.15) is 19.8 Å². The van der Waals surface area contributed by atoms with Gasteiger partial charge in [0.2, 0.25) is 10.0 Å². The number of nitrogen functional groups attached to an aromatic ring is 1. The molecule has 0 spiro atoms. The van der Waals surface area contributed by atoms with E-state index in [1.165, 1.54) is 0 Å². The normalized spacial score (nSPS) is 18.0. The lowest BCUT2D eigenvalue weighted by Crippen LogP contribution is -2.40. The molecule has 3 N–H and O–H groups in total. The Morgan fingerprint density at radius 3 is 2.67 bits per heavy atom. The zero-order chi connectivity index (χ0) is 15.6. The second-order valence-electron chi connectivity index (χ2n) is 5.25. The number of nitrogens with one attached hydrogen (secondary N) is 1. The summed E-state index contributed by atoms with van der Waals surface area (Å²) in [6.45, 7) is 4.29. The first kappa shape index (κ1) is 16.7. The third-order valence-corrected chi connectivity index (χ3v) is 6.06. The molecule has 118 valence electrons. The van der Waals surface area contributed by atoms with Crippen LogP contribution in [0.25, 0.3) is 0 Å². The Morgan fingerprint density at radius 2 is 2.05 bits per heavy atom. The third-order valence-electron chi connectivity index (χ3n) is 3.67. The van der Waals surface area contributed by atoms with Crippen LogP contribution in [-0.4, -0.2) is 39.0 Å². The van der Waals surface area contributed by atoms with Crippen LogP contribution in [0.2, 0.25) is 0 Å². The first-order valence-electron chi connectivity index (χ1n) is 6.79. The number of halogens is 2. The number of hydrogen-bond acceptors (Lipinski definition) is 4. The largest absolute Gasteiger partial charge is 0.396 e. The summed E-state index contributed by atoms with van der Waals surface area (Å²) in [6, 6.07) is 2.31. The van der Waals surface area contributed by atoms with E-state index in [9.17, 15) is 12.8 Å². The summed E-state index contributed by atoms with van der Waals surface area (Å²) in [5, 5.41) is 0. The molecule has 0 aliphatic carbocycles. The molecule has 1 unspecified atom stereocenters. The molecular weight excluding hydrogens is 361 g/mol. The number of nitrogens with zero attached hydrogens (tertiary/aromatic N) is 1. The summed E-state index contributed by atoms with van der Waals surface area (Å²) < 4.78 is 40.6. The van der Waals surface area contributed by atoms with Crippen LogP contribution in [0, 0.1) is 5.82 Å². The van der Waals surface area contributed by atoms with Gasteiger partial charge in [0, 0.05) is 17.1 Å². The predicted octanol–water partition coefficient (Wildman–Crippen LogP) is 1.93. The second-order valence-corrected chi connectivity index (χ2v) is 7.84. The summed E-state index contributed by atoms with van der Waals surface area (Å²) in [5.41, 5.74) is 5.26. The van der Waals surface area contributed by atoms with Crippen LogP contribution in [-0.2, 0) is 10.0 Å². The smallest absolute Gasteiger partial charge is 0.241 e. The minimum Gasteiger partial charge on any atom is -0.396 e. The van der Waals surface area contributed by atoms with Gasteiger partial charge in [-0.1, -0.05) is 0 Å². The summed E-state index contributed by atoms with van der Waals surface area (Å²) in [7, 11) is -3.73. The van der Waals surface area contributed by atoms with E-state index in [0.717, 1.165) is 38.1 Å². The fraction of sp³-hybridized carbons (Fsp3) is 0.538. The minimum absolute atomic E-state index is 0.0463. The van der Waals surface area contributed by atoms with E-state index in [-0.39, 0.29) is 21.1 Å². The van der Waals surface area contributed by atoms with Crippen molar-refractivity contribution in [3.05, 3.63) is 22.4 Å². The van der Waals surface area contributed by atoms with E-state index < -0.39 is 15.8 Å². The standard InChI is InChI=1S/C13H19BrFN3O2S/c1-9(18-4-2-3-5-18)8-17-21(19,20)13-7-12(16)11(15)6-10(13)14/h6-7,9,17H,2-5,8,16H2,1H3. The summed E-state index contributed by atoms with van der Waals surface area (Å²) in [4.78, 5) is 2.20. The lowest BCUT2D eigenvalue weighted by molar-refractivity contribution is 0.260. The second kappa shape index (κ2) is 6.60. The maximum absolute atomic E-state index is 13.3. The van der Waals surface area contributed by atoms with E-state index in [4.69, 9.17) is 5.73 Å². The molecule has 2 rings (SSSR count). The van der Waals surface area contributed by atoms with E-state index in [1.807, 2.05) is 6.92 Å². The number of rotatable bonds is 5. The van der Waals surface area contributed by atoms with Crippen molar-refractivity contribution in [3.8, 4) is 0 Å². The molecule has 1 saturated heterocycles. The molecule has 1 heterocycles. The van der Waals surface area contributed by atoms with Crippen molar-refractivity contribution in [2.24, 2.45) is 0 Å². The van der Waals surface area contributed by atoms with E-state index in [2.05, 4.69) is 25.6 Å². The van der Waals surface area contributed by atoms with Gasteiger partial charge in [0.25, 0.3) is 0 Å². The van der Waals surface area contributed by atoms with Crippen LogP contribution in [0.4, 0.5) is 10.1 Å². The van der Waals surface area contributed by atoms with Gasteiger partial charge in [-0.2, -0.15) is 0 Å². The van der Waals surface area contributed by atoms with Gasteiger partial charge in [0.05, 0.1) is 10.6 Å². The molecule has 1 aliphatic rings. The Balaban J connectivity index is 2.09. The van der Waals surface area contributed by atoms with E-state index in [1.54, 1.807) is 0 Å². The van der Waals surface area contributed by atoms with Crippen molar-refractivity contribution < 1.29 is 12.8 Å². The van der Waals surface area contributed by atoms with Gasteiger partial charge in [-0.25, -0.2) is 17.5 Å². The zero-order valence-corrected chi connectivity index (χ0v) is 14.2. The first-order valence-corrected chi connectivity index (χ1v) is 9.07. The Labute approximate surface area is 132 Å². The number of benzene rings is 1. The molecular formula is C13H19BrFN3O2S. The van der Waals surface area contributed by atoms with Crippen molar-refractivity contribution in [3.63, 3.8) is 0 Å². The molecule has 0 radical (unpaired) electrons. The average molecular weight is 380 g/mol. The molecule has 1 fully saturated rings. The molecule has 8 heteroatoms. The van der Waals surface area contributed by atoms with Gasteiger partial charge in [-0.15, -0.1) is 0 Å². The maximum atomic E-state index is 13.3. The molecule has 1 aromatic carbocycles. The van der Waals surface area contributed by atoms with Crippen LogP contribution in [0.15, 0.2) is 21.5 Å². The topological polar surface area (TPSA) is 75.4 Å². The van der Waals surface area contributed by atoms with Gasteiger partial charge in [-0.05, 0) is 60.9 Å². The molecule has 1 atom stereocenters. The molecule has 0 amide bonds. The minimum atomic E-state index is -3.73. The molecule has 0 saturated carbocycles. The Hall–Kier alpha value is -0.700. The number of likely N-dealkylation sites (tertiary alicyclic amines) is 1.